The molecule has 222 valence electrons. The Morgan fingerprint density at radius 3 is 2.47 bits per heavy atom. The molecular formula is C34H23FN4O3S3. The van der Waals surface area contributed by atoms with E-state index >= 15 is 0 Å². The number of hydrogen-bond donors (Lipinski definition) is 1. The lowest BCUT2D eigenvalue weighted by molar-refractivity contribution is -0.117. The molecule has 0 radical (unpaired) electrons. The number of amides is 1. The van der Waals surface area contributed by atoms with E-state index in [4.69, 9.17) is 0 Å². The molecule has 0 unspecified atom stereocenters. The Morgan fingerprint density at radius 1 is 0.933 bits per heavy atom. The molecule has 0 saturated heterocycles. The third-order valence-corrected chi connectivity index (χ3v) is 10.8. The zero-order valence-corrected chi connectivity index (χ0v) is 26.1. The molecule has 0 spiro atoms. The molecule has 3 heterocycles. The molecule has 1 aliphatic heterocycles. The van der Waals surface area contributed by atoms with Crippen LogP contribution in [0.4, 0.5) is 9.52 Å². The number of nitrogens with zero attached hydrogens (tertiary/aromatic N) is 4. The largest absolute Gasteiger partial charge is 0.503 e. The predicted octanol–water partition coefficient (Wildman–Crippen LogP) is 8.34. The number of thioether (sulfide) groups is 1. The summed E-state index contributed by atoms with van der Waals surface area (Å²) in [5.41, 5.74) is 2.81. The number of ketones is 1. The van der Waals surface area contributed by atoms with Gasteiger partial charge in [-0.05, 0) is 41.0 Å². The van der Waals surface area contributed by atoms with Gasteiger partial charge in [0.2, 0.25) is 10.9 Å². The minimum Gasteiger partial charge on any atom is -0.503 e. The lowest BCUT2D eigenvalue weighted by Gasteiger charge is -2.24. The number of aliphatic hydroxyl groups is 1. The van der Waals surface area contributed by atoms with Crippen molar-refractivity contribution in [3.05, 3.63) is 136 Å². The Labute approximate surface area is 269 Å². The summed E-state index contributed by atoms with van der Waals surface area (Å²) < 4.78 is 14.6. The molecule has 6 aromatic rings. The number of anilines is 1. The van der Waals surface area contributed by atoms with Gasteiger partial charge in [0.15, 0.2) is 10.1 Å². The van der Waals surface area contributed by atoms with Gasteiger partial charge < -0.3 is 5.11 Å². The van der Waals surface area contributed by atoms with E-state index in [-0.39, 0.29) is 10.7 Å². The molecule has 7 nitrogen and oxygen atoms in total. The summed E-state index contributed by atoms with van der Waals surface area (Å²) in [6.07, 6.45) is 0. The number of rotatable bonds is 8. The summed E-state index contributed by atoms with van der Waals surface area (Å²) in [5.74, 6) is -1.81. The lowest BCUT2D eigenvalue weighted by Crippen LogP contribution is -2.31. The van der Waals surface area contributed by atoms with E-state index in [0.29, 0.717) is 31.2 Å². The van der Waals surface area contributed by atoms with Gasteiger partial charge in [0, 0.05) is 11.3 Å². The van der Waals surface area contributed by atoms with Crippen molar-refractivity contribution in [2.45, 2.75) is 23.1 Å². The first kappa shape index (κ1) is 29.0. The zero-order chi connectivity index (χ0) is 31.1. The molecule has 2 aromatic heterocycles. The summed E-state index contributed by atoms with van der Waals surface area (Å²) in [4.78, 5) is 34.0. The first-order valence-corrected chi connectivity index (χ1v) is 16.5. The van der Waals surface area contributed by atoms with Crippen LogP contribution in [-0.2, 0) is 10.5 Å². The quantitative estimate of drug-likeness (QED) is 0.101. The number of aromatic nitrogens is 3. The second-order valence-corrected chi connectivity index (χ2v) is 13.5. The van der Waals surface area contributed by atoms with Crippen molar-refractivity contribution in [3.8, 4) is 10.6 Å². The Bertz CT molecular complexity index is 2100. The molecule has 0 fully saturated rings. The Hall–Kier alpha value is -4.71. The Morgan fingerprint density at radius 2 is 1.67 bits per heavy atom. The number of hydrogen-bond acceptors (Lipinski definition) is 9. The molecular weight excluding hydrogens is 628 g/mol. The average Bonchev–Trinajstić information content (AvgIpc) is 3.76. The second kappa shape index (κ2) is 12.0. The number of aliphatic hydroxyl groups excluding tert-OH is 1. The van der Waals surface area contributed by atoms with Gasteiger partial charge in [0.05, 0.1) is 22.2 Å². The maximum Gasteiger partial charge on any atom is 0.296 e. The van der Waals surface area contributed by atoms with E-state index in [1.807, 2.05) is 48.5 Å². The van der Waals surface area contributed by atoms with Crippen molar-refractivity contribution in [2.75, 3.05) is 4.90 Å². The maximum atomic E-state index is 14.1. The van der Waals surface area contributed by atoms with Crippen LogP contribution in [0.25, 0.3) is 21.3 Å². The molecule has 1 N–H and O–H groups in total. The summed E-state index contributed by atoms with van der Waals surface area (Å²) in [6.45, 7) is 1.72. The minimum atomic E-state index is -1.05. The highest BCUT2D eigenvalue weighted by molar-refractivity contribution is 8.00. The molecule has 1 atom stereocenters. The molecule has 11 heteroatoms. The number of Topliss-reactive ketones (excluding diaryl/α,β-unsaturated/α-hetero) is 1. The highest BCUT2D eigenvalue weighted by atomic mass is 32.2. The molecule has 0 aliphatic carbocycles. The third kappa shape index (κ3) is 5.43. The van der Waals surface area contributed by atoms with Crippen LogP contribution in [0.1, 0.15) is 32.5 Å². The van der Waals surface area contributed by atoms with Crippen LogP contribution in [0, 0.1) is 12.7 Å². The van der Waals surface area contributed by atoms with Gasteiger partial charge in [-0.2, -0.15) is 0 Å². The van der Waals surface area contributed by atoms with Crippen molar-refractivity contribution < 1.29 is 19.1 Å². The number of benzene rings is 4. The molecule has 0 saturated carbocycles. The number of carbonyl (C=O) groups excluding carboxylic acids is 2. The highest BCUT2D eigenvalue weighted by Crippen LogP contribution is 2.45. The summed E-state index contributed by atoms with van der Waals surface area (Å²) in [6, 6.07) is 28.2. The first-order chi connectivity index (χ1) is 21.9. The number of carbonyl (C=O) groups is 2. The number of aryl methyl sites for hydroxylation is 1. The van der Waals surface area contributed by atoms with E-state index in [2.05, 4.69) is 39.4 Å². The Balaban J connectivity index is 1.22. The molecule has 7 rings (SSSR count). The topological polar surface area (TPSA) is 96.3 Å². The van der Waals surface area contributed by atoms with Crippen molar-refractivity contribution in [1.82, 2.24) is 15.2 Å². The van der Waals surface area contributed by atoms with Gasteiger partial charge in [-0.1, -0.05) is 108 Å². The number of halogens is 1. The van der Waals surface area contributed by atoms with Crippen molar-refractivity contribution in [3.63, 3.8) is 0 Å². The fourth-order valence-electron chi connectivity index (χ4n) is 5.34. The lowest BCUT2D eigenvalue weighted by atomic mass is 9.95. The van der Waals surface area contributed by atoms with E-state index < -0.39 is 29.3 Å². The minimum absolute atomic E-state index is 0.113. The zero-order valence-electron chi connectivity index (χ0n) is 23.7. The standard InChI is InChI=1S/C34H23FN4O3S3/c1-19-30(44-31(36-19)22-9-3-2-4-10-22)28(40)26-27(21-14-16-24(35)17-15-21)39(32(42)29(26)41)33-37-38-34(45-33)43-18-23-12-7-11-20-8-5-6-13-25(20)23/h2-17,27,41H,18H2,1H3/t27-/m1/s1. The smallest absolute Gasteiger partial charge is 0.296 e. The van der Waals surface area contributed by atoms with Crippen LogP contribution in [0.5, 0.6) is 0 Å². The van der Waals surface area contributed by atoms with Crippen LogP contribution in [-0.4, -0.2) is 32.0 Å². The molecule has 4 aromatic carbocycles. The van der Waals surface area contributed by atoms with E-state index in [0.717, 1.165) is 21.9 Å². The first-order valence-electron chi connectivity index (χ1n) is 13.9. The van der Waals surface area contributed by atoms with Crippen LogP contribution >= 0.6 is 34.4 Å². The van der Waals surface area contributed by atoms with Gasteiger partial charge >= 0.3 is 0 Å². The van der Waals surface area contributed by atoms with E-state index in [9.17, 15) is 19.1 Å². The van der Waals surface area contributed by atoms with Crippen LogP contribution in [0.15, 0.2) is 113 Å². The van der Waals surface area contributed by atoms with Crippen molar-refractivity contribution in [1.29, 1.82) is 0 Å². The number of fused-ring (bicyclic) bond motifs is 1. The van der Waals surface area contributed by atoms with Gasteiger partial charge in [-0.25, -0.2) is 9.37 Å². The van der Waals surface area contributed by atoms with Crippen LogP contribution in [0.3, 0.4) is 0 Å². The SMILES string of the molecule is Cc1nc(-c2ccccc2)sc1C(=O)C1=C(O)C(=O)N(c2nnc(SCc3cccc4ccccc34)s2)[C@@H]1c1ccc(F)cc1. The number of thiazole rings is 1. The van der Waals surface area contributed by atoms with Crippen molar-refractivity contribution in [2.24, 2.45) is 0 Å². The van der Waals surface area contributed by atoms with Gasteiger partial charge in [-0.3, -0.25) is 14.5 Å². The molecule has 1 aliphatic rings. The average molecular weight is 651 g/mol. The highest BCUT2D eigenvalue weighted by Gasteiger charge is 2.46. The monoisotopic (exact) mass is 650 g/mol. The second-order valence-electron chi connectivity index (χ2n) is 10.3. The summed E-state index contributed by atoms with van der Waals surface area (Å²) in [7, 11) is 0. The molecule has 0 bridgehead atoms. The Kier molecular flexibility index (Phi) is 7.74. The van der Waals surface area contributed by atoms with Gasteiger partial charge in [0.25, 0.3) is 5.91 Å². The fourth-order valence-corrected chi connectivity index (χ4v) is 8.24. The summed E-state index contributed by atoms with van der Waals surface area (Å²) >= 11 is 3.86. The van der Waals surface area contributed by atoms with Gasteiger partial charge in [-0.15, -0.1) is 21.5 Å². The third-order valence-electron chi connectivity index (χ3n) is 7.50. The summed E-state index contributed by atoms with van der Waals surface area (Å²) in [5, 5.41) is 23.0. The van der Waals surface area contributed by atoms with Gasteiger partial charge in [0.1, 0.15) is 10.8 Å². The van der Waals surface area contributed by atoms with Crippen LogP contribution in [0.2, 0.25) is 0 Å². The van der Waals surface area contributed by atoms with E-state index in [1.54, 1.807) is 6.92 Å². The van der Waals surface area contributed by atoms with Crippen molar-refractivity contribution >= 4 is 62.0 Å². The molecule has 1 amide bonds. The predicted molar refractivity (Wildman–Crippen MR) is 176 cm³/mol. The fraction of sp³-hybridized carbons (Fsp3) is 0.0882. The normalized spacial score (nSPS) is 14.9. The molecule has 45 heavy (non-hydrogen) atoms. The van der Waals surface area contributed by atoms with E-state index in [1.165, 1.54) is 63.6 Å². The maximum absolute atomic E-state index is 14.1. The van der Waals surface area contributed by atoms with Crippen LogP contribution < -0.4 is 4.90 Å².